The Hall–Kier alpha value is -2.92. The number of halogens is 2. The number of thiazole rings is 1. The minimum Gasteiger partial charge on any atom is -0.481 e. The zero-order valence-corrected chi connectivity index (χ0v) is 19.0. The molecule has 1 aromatic carbocycles. The third-order valence-corrected chi connectivity index (χ3v) is 6.36. The van der Waals surface area contributed by atoms with E-state index in [0.717, 1.165) is 24.6 Å². The molecule has 3 aromatic rings. The number of amides is 1. The molecular formula is C22H20ClFN5O3S+. The molecule has 170 valence electrons. The third-order valence-electron chi connectivity index (χ3n) is 5.27. The molecule has 0 spiro atoms. The molecule has 2 aliphatic heterocycles. The van der Waals surface area contributed by atoms with Gasteiger partial charge in [0.1, 0.15) is 34.2 Å². The third kappa shape index (κ3) is 4.88. The molecular weight excluding hydrogens is 469 g/mol. The monoisotopic (exact) mass is 488 g/mol. The number of aliphatic imine (C=N–C) groups is 1. The number of nitrogens with zero attached hydrogens (tertiary/aromatic N) is 3. The number of rotatable bonds is 7. The highest BCUT2D eigenvalue weighted by Gasteiger charge is 2.28. The first-order valence-electron chi connectivity index (χ1n) is 10.4. The Balaban J connectivity index is 1.35. The normalized spacial score (nSPS) is 17.6. The topological polar surface area (TPSA) is 102 Å². The molecule has 11 heteroatoms. The number of primary amides is 1. The van der Waals surface area contributed by atoms with Crippen LogP contribution in [-0.2, 0) is 4.74 Å². The fourth-order valence-corrected chi connectivity index (χ4v) is 4.50. The van der Waals surface area contributed by atoms with Crippen molar-refractivity contribution in [3.8, 4) is 17.1 Å². The van der Waals surface area contributed by atoms with Crippen LogP contribution in [0.5, 0.6) is 5.75 Å². The van der Waals surface area contributed by atoms with Gasteiger partial charge in [0.05, 0.1) is 11.1 Å². The van der Waals surface area contributed by atoms with Gasteiger partial charge < -0.3 is 14.8 Å². The summed E-state index contributed by atoms with van der Waals surface area (Å²) in [6, 6.07) is 5.71. The summed E-state index contributed by atoms with van der Waals surface area (Å²) in [7, 11) is 0. The van der Waals surface area contributed by atoms with Gasteiger partial charge in [-0.1, -0.05) is 11.6 Å². The molecule has 1 atom stereocenters. The van der Waals surface area contributed by atoms with Gasteiger partial charge in [-0.25, -0.2) is 19.5 Å². The van der Waals surface area contributed by atoms with Crippen molar-refractivity contribution in [2.24, 2.45) is 4.99 Å². The van der Waals surface area contributed by atoms with Gasteiger partial charge in [0, 0.05) is 30.8 Å². The van der Waals surface area contributed by atoms with E-state index in [4.69, 9.17) is 21.1 Å². The Morgan fingerprint density at radius 3 is 3.09 bits per heavy atom. The van der Waals surface area contributed by atoms with Crippen LogP contribution in [0.1, 0.15) is 23.2 Å². The highest BCUT2D eigenvalue weighted by atomic mass is 35.5. The number of hydrogen-bond acceptors (Lipinski definition) is 8. The van der Waals surface area contributed by atoms with Crippen molar-refractivity contribution in [1.82, 2.24) is 9.97 Å². The smallest absolute Gasteiger partial charge is 0.351 e. The summed E-state index contributed by atoms with van der Waals surface area (Å²) >= 11 is 7.27. The predicted octanol–water partition coefficient (Wildman–Crippen LogP) is 3.41. The van der Waals surface area contributed by atoms with E-state index >= 15 is 0 Å². The van der Waals surface area contributed by atoms with E-state index < -0.39 is 5.82 Å². The fourth-order valence-electron chi connectivity index (χ4n) is 3.63. The zero-order valence-electron chi connectivity index (χ0n) is 17.4. The molecule has 1 saturated heterocycles. The largest absolute Gasteiger partial charge is 0.481 e. The fraction of sp³-hybridized carbons (Fsp3) is 0.273. The van der Waals surface area contributed by atoms with Crippen LogP contribution in [0.15, 0.2) is 40.8 Å². The maximum atomic E-state index is 13.4. The van der Waals surface area contributed by atoms with E-state index in [9.17, 15) is 9.18 Å². The maximum absolute atomic E-state index is 13.4. The molecule has 1 unspecified atom stereocenters. The van der Waals surface area contributed by atoms with Crippen LogP contribution in [0.4, 0.5) is 15.2 Å². The van der Waals surface area contributed by atoms with Crippen LogP contribution in [-0.4, -0.2) is 47.6 Å². The molecule has 33 heavy (non-hydrogen) atoms. The van der Waals surface area contributed by atoms with E-state index in [1.807, 2.05) is 5.38 Å². The molecule has 1 fully saturated rings. The second-order valence-corrected chi connectivity index (χ2v) is 8.85. The van der Waals surface area contributed by atoms with Crippen molar-refractivity contribution in [3.05, 3.63) is 52.2 Å². The van der Waals surface area contributed by atoms with Gasteiger partial charge in [0.2, 0.25) is 5.84 Å². The Morgan fingerprint density at radius 1 is 1.36 bits per heavy atom. The molecule has 0 saturated carbocycles. The number of aromatic nitrogens is 2. The number of amidine groups is 1. The maximum Gasteiger partial charge on any atom is 0.351 e. The van der Waals surface area contributed by atoms with E-state index in [1.165, 1.54) is 34.9 Å². The first-order chi connectivity index (χ1) is 16.1. The standard InChI is InChI=1S/C22H19ClFN5O3S/c23-15-8-12(3-4-16(15)24)32-10-18-28-19-14(21(30)29-18)5-6-25-20(19)17-11-33-22(27-17)26-9-13-2-1-7-31-13/h3-6,8,11,13H,1-2,7,9-10H2,(H,26,27)(H,28,29,30)/p+1. The van der Waals surface area contributed by atoms with Crippen molar-refractivity contribution >= 4 is 45.5 Å². The van der Waals surface area contributed by atoms with Gasteiger partial charge in [-0.2, -0.15) is 4.99 Å². The molecule has 3 N–H and O–H groups in total. The first-order valence-corrected chi connectivity index (χ1v) is 11.7. The van der Waals surface area contributed by atoms with Crippen molar-refractivity contribution in [2.75, 3.05) is 25.1 Å². The number of nitrogens with two attached hydrogens (primary N) is 1. The highest BCUT2D eigenvalue weighted by Crippen LogP contribution is 2.34. The van der Waals surface area contributed by atoms with Gasteiger partial charge in [-0.15, -0.1) is 11.3 Å². The predicted molar refractivity (Wildman–Crippen MR) is 123 cm³/mol. The van der Waals surface area contributed by atoms with Crippen LogP contribution in [0.25, 0.3) is 11.4 Å². The molecule has 4 heterocycles. The van der Waals surface area contributed by atoms with Crippen LogP contribution < -0.4 is 15.4 Å². The summed E-state index contributed by atoms with van der Waals surface area (Å²) in [6.07, 6.45) is 3.91. The summed E-state index contributed by atoms with van der Waals surface area (Å²) in [4.78, 5) is 26.4. The number of ether oxygens (including phenoxy) is 2. The minimum atomic E-state index is -0.529. The lowest BCUT2D eigenvalue weighted by atomic mass is 10.1. The number of anilines is 1. The Kier molecular flexibility index (Phi) is 6.32. The SMILES string of the molecule is O=C1[NH2+]C(COc2ccc(F)c(Cl)c2)=Nc2c1ccnc2-c1csc(NCC2CCCO2)n1. The average molecular weight is 489 g/mol. The molecule has 0 aliphatic carbocycles. The van der Waals surface area contributed by atoms with Gasteiger partial charge in [-0.05, 0) is 31.0 Å². The number of quaternary nitrogens is 1. The van der Waals surface area contributed by atoms with Crippen LogP contribution in [0, 0.1) is 5.82 Å². The Labute approximate surface area is 197 Å². The lowest BCUT2D eigenvalue weighted by molar-refractivity contribution is -0.434. The van der Waals surface area contributed by atoms with Crippen molar-refractivity contribution in [3.63, 3.8) is 0 Å². The Morgan fingerprint density at radius 2 is 2.27 bits per heavy atom. The molecule has 1 amide bonds. The van der Waals surface area contributed by atoms with E-state index in [2.05, 4.69) is 20.3 Å². The zero-order chi connectivity index (χ0) is 22.8. The summed E-state index contributed by atoms with van der Waals surface area (Å²) in [5, 5.41) is 7.34. The molecule has 0 bridgehead atoms. The molecule has 5 rings (SSSR count). The number of carbonyl (C=O) groups excluding carboxylic acids is 1. The van der Waals surface area contributed by atoms with E-state index in [-0.39, 0.29) is 23.6 Å². The lowest BCUT2D eigenvalue weighted by Crippen LogP contribution is -2.93. The van der Waals surface area contributed by atoms with Crippen LogP contribution in [0.2, 0.25) is 5.02 Å². The lowest BCUT2D eigenvalue weighted by Gasteiger charge is -2.14. The number of nitrogens with one attached hydrogen (secondary N) is 1. The van der Waals surface area contributed by atoms with Crippen molar-refractivity contribution < 1.29 is 24.0 Å². The molecule has 8 nitrogen and oxygen atoms in total. The van der Waals surface area contributed by atoms with Gasteiger partial charge in [0.25, 0.3) is 0 Å². The second kappa shape index (κ2) is 9.52. The van der Waals surface area contributed by atoms with E-state index in [0.29, 0.717) is 40.8 Å². The summed E-state index contributed by atoms with van der Waals surface area (Å²) in [5.41, 5.74) is 2.07. The minimum absolute atomic E-state index is 0.0206. The van der Waals surface area contributed by atoms with Crippen molar-refractivity contribution in [2.45, 2.75) is 18.9 Å². The highest BCUT2D eigenvalue weighted by molar-refractivity contribution is 7.14. The summed E-state index contributed by atoms with van der Waals surface area (Å²) in [6.45, 7) is 1.53. The average Bonchev–Trinajstić information content (AvgIpc) is 3.50. The van der Waals surface area contributed by atoms with Gasteiger partial charge >= 0.3 is 5.91 Å². The molecule has 2 aromatic heterocycles. The number of carbonyl (C=O) groups is 1. The number of benzene rings is 1. The van der Waals surface area contributed by atoms with Gasteiger partial charge in [0.15, 0.2) is 11.7 Å². The van der Waals surface area contributed by atoms with Crippen molar-refractivity contribution in [1.29, 1.82) is 0 Å². The quantitative estimate of drug-likeness (QED) is 0.528. The Bertz CT molecular complexity index is 1230. The number of fused-ring (bicyclic) bond motifs is 1. The number of hydrogen-bond donors (Lipinski definition) is 2. The first kappa shape index (κ1) is 21.9. The summed E-state index contributed by atoms with van der Waals surface area (Å²) in [5.74, 6) is 0.0856. The van der Waals surface area contributed by atoms with Crippen LogP contribution in [0.3, 0.4) is 0 Å². The number of pyridine rings is 1. The molecule has 0 radical (unpaired) electrons. The van der Waals surface area contributed by atoms with E-state index in [1.54, 1.807) is 12.3 Å². The second-order valence-electron chi connectivity index (χ2n) is 7.59. The van der Waals surface area contributed by atoms with Crippen LogP contribution >= 0.6 is 22.9 Å². The molecule has 2 aliphatic rings. The summed E-state index contributed by atoms with van der Waals surface area (Å²) < 4.78 is 24.7. The van der Waals surface area contributed by atoms with Gasteiger partial charge in [-0.3, -0.25) is 4.98 Å².